The van der Waals surface area contributed by atoms with Crippen LogP contribution in [0.1, 0.15) is 33.1 Å². The average molecular weight is 214 g/mol. The van der Waals surface area contributed by atoms with Crippen molar-refractivity contribution in [2.24, 2.45) is 0 Å². The Hall–Kier alpha value is -0.610. The van der Waals surface area contributed by atoms with E-state index in [1.54, 1.807) is 0 Å². The van der Waals surface area contributed by atoms with Crippen LogP contribution in [0.5, 0.6) is 0 Å². The molecular formula is C11H22N2O2. The van der Waals surface area contributed by atoms with Gasteiger partial charge in [0.05, 0.1) is 0 Å². The molecule has 0 bridgehead atoms. The predicted molar refractivity (Wildman–Crippen MR) is 60.0 cm³/mol. The first kappa shape index (κ1) is 12.5. The number of hydrogen-bond donors (Lipinski definition) is 2. The van der Waals surface area contributed by atoms with Crippen LogP contribution in [-0.4, -0.2) is 47.7 Å². The highest BCUT2D eigenvalue weighted by Crippen LogP contribution is 2.15. The smallest absolute Gasteiger partial charge is 0.320 e. The number of rotatable bonds is 6. The van der Waals surface area contributed by atoms with Gasteiger partial charge in [-0.1, -0.05) is 13.8 Å². The highest BCUT2D eigenvalue weighted by Gasteiger charge is 2.30. The van der Waals surface area contributed by atoms with Gasteiger partial charge in [0.2, 0.25) is 0 Å². The number of carboxylic acids is 1. The minimum Gasteiger partial charge on any atom is -0.480 e. The Morgan fingerprint density at radius 1 is 1.60 bits per heavy atom. The van der Waals surface area contributed by atoms with Crippen molar-refractivity contribution in [3.63, 3.8) is 0 Å². The fourth-order valence-corrected chi connectivity index (χ4v) is 2.32. The molecule has 0 spiro atoms. The summed E-state index contributed by atoms with van der Waals surface area (Å²) in [6.45, 7) is 6.88. The van der Waals surface area contributed by atoms with Crippen LogP contribution in [0.15, 0.2) is 0 Å². The fourth-order valence-electron chi connectivity index (χ4n) is 2.32. The maximum absolute atomic E-state index is 11.1. The van der Waals surface area contributed by atoms with E-state index in [-0.39, 0.29) is 6.04 Å². The van der Waals surface area contributed by atoms with E-state index in [1.807, 2.05) is 6.92 Å². The molecule has 2 unspecified atom stereocenters. The average Bonchev–Trinajstić information content (AvgIpc) is 2.69. The van der Waals surface area contributed by atoms with Crippen molar-refractivity contribution in [2.75, 3.05) is 19.6 Å². The van der Waals surface area contributed by atoms with Gasteiger partial charge in [-0.25, -0.2) is 0 Å². The van der Waals surface area contributed by atoms with Crippen molar-refractivity contribution in [1.29, 1.82) is 0 Å². The van der Waals surface area contributed by atoms with Crippen molar-refractivity contribution >= 4 is 5.97 Å². The molecular weight excluding hydrogens is 192 g/mol. The summed E-state index contributed by atoms with van der Waals surface area (Å²) in [6, 6.07) is 0.0980. The van der Waals surface area contributed by atoms with Gasteiger partial charge in [0.25, 0.3) is 0 Å². The molecule has 0 aromatic rings. The van der Waals surface area contributed by atoms with Crippen LogP contribution < -0.4 is 5.32 Å². The first-order valence-corrected chi connectivity index (χ1v) is 5.90. The van der Waals surface area contributed by atoms with E-state index in [0.29, 0.717) is 12.5 Å². The van der Waals surface area contributed by atoms with E-state index >= 15 is 0 Å². The molecule has 2 atom stereocenters. The number of nitrogens with zero attached hydrogens (tertiary/aromatic N) is 1. The third-order valence-corrected chi connectivity index (χ3v) is 3.06. The van der Waals surface area contributed by atoms with E-state index in [2.05, 4.69) is 17.1 Å². The zero-order chi connectivity index (χ0) is 11.3. The van der Waals surface area contributed by atoms with Gasteiger partial charge < -0.3 is 10.4 Å². The first-order valence-electron chi connectivity index (χ1n) is 5.90. The number of carboxylic acid groups (broad SMARTS) is 1. The molecule has 2 N–H and O–H groups in total. The SMILES string of the molecule is CCCN(C1CCNC1)C(CC)C(=O)O. The first-order chi connectivity index (χ1) is 7.20. The molecule has 1 fully saturated rings. The normalized spacial score (nSPS) is 23.3. The van der Waals surface area contributed by atoms with E-state index in [9.17, 15) is 4.79 Å². The standard InChI is InChI=1S/C11H22N2O2/c1-3-7-13(9-5-6-12-8-9)10(4-2)11(14)15/h9-10,12H,3-8H2,1-2H3,(H,14,15). The molecule has 0 aliphatic carbocycles. The molecule has 1 saturated heterocycles. The molecule has 15 heavy (non-hydrogen) atoms. The fraction of sp³-hybridized carbons (Fsp3) is 0.909. The lowest BCUT2D eigenvalue weighted by Crippen LogP contribution is -2.48. The molecule has 0 aromatic carbocycles. The van der Waals surface area contributed by atoms with Gasteiger partial charge in [-0.15, -0.1) is 0 Å². The summed E-state index contributed by atoms with van der Waals surface area (Å²) < 4.78 is 0. The quantitative estimate of drug-likeness (QED) is 0.690. The van der Waals surface area contributed by atoms with Crippen LogP contribution in [0.3, 0.4) is 0 Å². The van der Waals surface area contributed by atoms with E-state index in [1.165, 1.54) is 0 Å². The lowest BCUT2D eigenvalue weighted by atomic mass is 10.1. The van der Waals surface area contributed by atoms with E-state index in [4.69, 9.17) is 5.11 Å². The van der Waals surface area contributed by atoms with Crippen LogP contribution in [-0.2, 0) is 4.79 Å². The minimum absolute atomic E-state index is 0.310. The number of carbonyl (C=O) groups is 1. The summed E-state index contributed by atoms with van der Waals surface area (Å²) >= 11 is 0. The second-order valence-corrected chi connectivity index (χ2v) is 4.15. The van der Waals surface area contributed by atoms with Gasteiger partial charge >= 0.3 is 5.97 Å². The third kappa shape index (κ3) is 3.18. The molecule has 0 saturated carbocycles. The zero-order valence-electron chi connectivity index (χ0n) is 9.70. The Balaban J connectivity index is 2.65. The molecule has 0 radical (unpaired) electrons. The van der Waals surface area contributed by atoms with Crippen LogP contribution in [0, 0.1) is 0 Å². The summed E-state index contributed by atoms with van der Waals surface area (Å²) in [5.41, 5.74) is 0. The lowest BCUT2D eigenvalue weighted by Gasteiger charge is -2.32. The van der Waals surface area contributed by atoms with Gasteiger partial charge in [0.1, 0.15) is 6.04 Å². The summed E-state index contributed by atoms with van der Waals surface area (Å²) in [5.74, 6) is -0.683. The summed E-state index contributed by atoms with van der Waals surface area (Å²) in [6.07, 6.45) is 2.77. The van der Waals surface area contributed by atoms with E-state index < -0.39 is 5.97 Å². The molecule has 0 amide bonds. The van der Waals surface area contributed by atoms with Crippen LogP contribution in [0.4, 0.5) is 0 Å². The molecule has 4 nitrogen and oxygen atoms in total. The lowest BCUT2D eigenvalue weighted by molar-refractivity contribution is -0.144. The third-order valence-electron chi connectivity index (χ3n) is 3.06. The molecule has 1 rings (SSSR count). The zero-order valence-corrected chi connectivity index (χ0v) is 9.70. The Morgan fingerprint density at radius 2 is 2.33 bits per heavy atom. The van der Waals surface area contributed by atoms with Crippen LogP contribution >= 0.6 is 0 Å². The van der Waals surface area contributed by atoms with Gasteiger partial charge in [0, 0.05) is 12.6 Å². The Bertz CT molecular complexity index is 203. The summed E-state index contributed by atoms with van der Waals surface area (Å²) in [4.78, 5) is 13.3. The predicted octanol–water partition coefficient (Wildman–Crippen LogP) is 0.923. The Kier molecular flexibility index (Phi) is 5.05. The van der Waals surface area contributed by atoms with Crippen LogP contribution in [0.25, 0.3) is 0 Å². The molecule has 1 heterocycles. The Morgan fingerprint density at radius 3 is 2.73 bits per heavy atom. The maximum Gasteiger partial charge on any atom is 0.320 e. The van der Waals surface area contributed by atoms with Crippen molar-refractivity contribution in [1.82, 2.24) is 10.2 Å². The topological polar surface area (TPSA) is 52.6 Å². The highest BCUT2D eigenvalue weighted by molar-refractivity contribution is 5.73. The second kappa shape index (κ2) is 6.08. The second-order valence-electron chi connectivity index (χ2n) is 4.15. The number of hydrogen-bond acceptors (Lipinski definition) is 3. The molecule has 88 valence electrons. The highest BCUT2D eigenvalue weighted by atomic mass is 16.4. The van der Waals surface area contributed by atoms with Gasteiger partial charge in [-0.05, 0) is 32.4 Å². The Labute approximate surface area is 91.6 Å². The largest absolute Gasteiger partial charge is 0.480 e. The van der Waals surface area contributed by atoms with Gasteiger partial charge in [-0.3, -0.25) is 9.69 Å². The van der Waals surface area contributed by atoms with Crippen LogP contribution in [0.2, 0.25) is 0 Å². The van der Waals surface area contributed by atoms with E-state index in [0.717, 1.165) is 32.5 Å². The summed E-state index contributed by atoms with van der Waals surface area (Å²) in [7, 11) is 0. The number of nitrogens with one attached hydrogen (secondary N) is 1. The van der Waals surface area contributed by atoms with Crippen molar-refractivity contribution in [2.45, 2.75) is 45.2 Å². The van der Waals surface area contributed by atoms with Gasteiger partial charge in [-0.2, -0.15) is 0 Å². The summed E-state index contributed by atoms with van der Waals surface area (Å²) in [5, 5.41) is 12.5. The molecule has 0 aromatic heterocycles. The molecule has 1 aliphatic rings. The van der Waals surface area contributed by atoms with Crippen molar-refractivity contribution in [3.05, 3.63) is 0 Å². The monoisotopic (exact) mass is 214 g/mol. The number of aliphatic carboxylic acids is 1. The molecule has 4 heteroatoms. The maximum atomic E-state index is 11.1. The molecule has 1 aliphatic heterocycles. The van der Waals surface area contributed by atoms with Crippen molar-refractivity contribution < 1.29 is 9.90 Å². The van der Waals surface area contributed by atoms with Crippen molar-refractivity contribution in [3.8, 4) is 0 Å². The van der Waals surface area contributed by atoms with Gasteiger partial charge in [0.15, 0.2) is 0 Å². The minimum atomic E-state index is -0.683.